The minimum absolute atomic E-state index is 0.0208. The number of rotatable bonds is 28. The van der Waals surface area contributed by atoms with Gasteiger partial charge in [-0.15, -0.1) is 0 Å². The van der Waals surface area contributed by atoms with Crippen molar-refractivity contribution in [2.45, 2.75) is 206 Å². The standard InChI is InChI=1S/C66H92ClF2N5O15/c1-13-42(14-2)51(76)24-18-16-15-17-22-44(75)32-45(37(3)4)61(80)72-49(23-20-26-71-64(70)83)52(77)31-43-30-48(69)46(33-47(43)68)62(81)73(9)40(7)63(82)88-56-34-57(78)74(10)50-28-41(29-53(85-11)59(50)67)27-38(5)21-19-25-55(86-12)66(84)35-54(87-58(79)36-66)39(6)60-65(56,8)89-60/h19,21,25,28-30,33,37,39-40,42,45,49,54-56,60,84H,13-18,20,22-24,26-27,31-32,34-36H2,1-12H3,(H,72,80)(H3,70,71,83)/b25-19+,38-21+/t39-,40+,45+,49+,54+,55-,56+,60+,65+,66-/m1/s1. The average Bonchev–Trinajstić information content (AvgIpc) is 1.59. The van der Waals surface area contributed by atoms with Gasteiger partial charge in [-0.05, 0) is 107 Å². The molecule has 2 aromatic rings. The van der Waals surface area contributed by atoms with Crippen LogP contribution in [0.4, 0.5) is 19.3 Å². The number of primary amides is 1. The first kappa shape index (κ1) is 73.1. The van der Waals surface area contributed by atoms with Crippen molar-refractivity contribution in [3.63, 3.8) is 0 Å². The van der Waals surface area contributed by atoms with Crippen LogP contribution in [0.3, 0.4) is 0 Å². The second-order valence-corrected chi connectivity index (χ2v) is 25.1. The number of ether oxygens (including phenoxy) is 5. The van der Waals surface area contributed by atoms with E-state index in [1.807, 2.05) is 26.8 Å². The number of methoxy groups -OCH3 is 2. The number of epoxide rings is 1. The molecule has 23 heteroatoms. The van der Waals surface area contributed by atoms with E-state index in [1.165, 1.54) is 33.1 Å². The van der Waals surface area contributed by atoms with Crippen molar-refractivity contribution >= 4 is 70.3 Å². The lowest BCUT2D eigenvalue weighted by molar-refractivity contribution is -0.187. The zero-order valence-corrected chi connectivity index (χ0v) is 54.4. The first-order chi connectivity index (χ1) is 41.9. The number of amides is 5. The van der Waals surface area contributed by atoms with Crippen molar-refractivity contribution < 1.29 is 80.7 Å². The highest BCUT2D eigenvalue weighted by atomic mass is 35.5. The lowest BCUT2D eigenvalue weighted by Gasteiger charge is -2.41. The molecule has 0 spiro atoms. The number of carbonyl (C=O) groups excluding carboxylic acids is 9. The second kappa shape index (κ2) is 32.9. The van der Waals surface area contributed by atoms with Gasteiger partial charge in [-0.1, -0.05) is 82.9 Å². The minimum atomic E-state index is -1.71. The summed E-state index contributed by atoms with van der Waals surface area (Å²) in [4.78, 5) is 123. The van der Waals surface area contributed by atoms with Crippen molar-refractivity contribution in [1.29, 1.82) is 0 Å². The first-order valence-electron chi connectivity index (χ1n) is 30.9. The molecule has 2 fully saturated rings. The maximum Gasteiger partial charge on any atom is 0.328 e. The van der Waals surface area contributed by atoms with E-state index < -0.39 is 137 Å². The number of esters is 2. The topological polar surface area (TPSA) is 280 Å². The van der Waals surface area contributed by atoms with Gasteiger partial charge in [0.25, 0.3) is 5.91 Å². The molecule has 0 aromatic heterocycles. The highest BCUT2D eigenvalue weighted by Crippen LogP contribution is 2.50. The molecular formula is C66H92ClF2N5O15. The maximum atomic E-state index is 16.2. The number of hydrogen-bond acceptors (Lipinski definition) is 15. The molecule has 10 atom stereocenters. The predicted octanol–water partition coefficient (Wildman–Crippen LogP) is 8.98. The van der Waals surface area contributed by atoms with Gasteiger partial charge in [-0.25, -0.2) is 18.4 Å². The molecule has 3 aliphatic rings. The fraction of sp³-hybridized carbons (Fsp3) is 0.621. The number of nitrogens with one attached hydrogen (secondary N) is 2. The molecule has 2 aromatic carbocycles. The molecule has 5 rings (SSSR count). The third-order valence-electron chi connectivity index (χ3n) is 17.8. The lowest BCUT2D eigenvalue weighted by Crippen LogP contribution is -2.53. The zero-order valence-electron chi connectivity index (χ0n) is 53.6. The molecule has 5 amide bonds. The fourth-order valence-corrected chi connectivity index (χ4v) is 12.1. The van der Waals surface area contributed by atoms with E-state index in [4.69, 9.17) is 41.0 Å². The number of nitrogens with zero attached hydrogens (tertiary/aromatic N) is 2. The Morgan fingerprint density at radius 3 is 2.26 bits per heavy atom. The SMILES string of the molecule is CCC(CC)C(=O)CCCCCCC(=O)C[C@H](C(=O)N[C@@H](CCCNC(N)=O)C(=O)Cc1cc(F)c(C(=O)N(C)[C@@H](C)C(=O)O[C@H]2CC(=O)N(C)c3cc(cc(OC)c3Cl)C/C(C)=C/C=C/[C@@H](OC)[C@]3(O)CC(=O)O[C@@H](C3)[C@@H](C)[C@@H]3O[C@@]23C)cc1F)C(C)C. The predicted molar refractivity (Wildman–Crippen MR) is 330 cm³/mol. The summed E-state index contributed by atoms with van der Waals surface area (Å²) >= 11 is 6.83. The van der Waals surface area contributed by atoms with Gasteiger partial charge in [0.05, 0.1) is 43.3 Å². The van der Waals surface area contributed by atoms with E-state index in [-0.39, 0.29) is 84.9 Å². The van der Waals surface area contributed by atoms with Crippen molar-refractivity contribution in [2.75, 3.05) is 39.8 Å². The van der Waals surface area contributed by atoms with E-state index in [0.29, 0.717) is 37.0 Å². The van der Waals surface area contributed by atoms with Gasteiger partial charge < -0.3 is 55.0 Å². The molecule has 0 aliphatic carbocycles. The smallest absolute Gasteiger partial charge is 0.328 e. The Labute approximate surface area is 526 Å². The van der Waals surface area contributed by atoms with Gasteiger partial charge in [0, 0.05) is 77.6 Å². The van der Waals surface area contributed by atoms with Crippen LogP contribution in [0.15, 0.2) is 48.1 Å². The van der Waals surface area contributed by atoms with Crippen LogP contribution in [0.5, 0.6) is 5.75 Å². The highest BCUT2D eigenvalue weighted by Gasteiger charge is 2.64. The quantitative estimate of drug-likeness (QED) is 0.0351. The third kappa shape index (κ3) is 19.4. The monoisotopic (exact) mass is 1270 g/mol. The van der Waals surface area contributed by atoms with Gasteiger partial charge in [0.15, 0.2) is 5.78 Å². The summed E-state index contributed by atoms with van der Waals surface area (Å²) < 4.78 is 62.0. The van der Waals surface area contributed by atoms with Crippen molar-refractivity contribution in [2.24, 2.45) is 29.4 Å². The Kier molecular flexibility index (Phi) is 27.0. The fourth-order valence-electron chi connectivity index (χ4n) is 11.8. The van der Waals surface area contributed by atoms with Crippen molar-refractivity contribution in [3.05, 3.63) is 81.4 Å². The number of anilines is 1. The first-order valence-corrected chi connectivity index (χ1v) is 31.3. The number of Topliss-reactive ketones (excluding diaryl/α,β-unsaturated/α-hetero) is 3. The third-order valence-corrected chi connectivity index (χ3v) is 18.2. The summed E-state index contributed by atoms with van der Waals surface area (Å²) in [5.41, 5.74) is 2.68. The number of carbonyl (C=O) groups is 9. The summed E-state index contributed by atoms with van der Waals surface area (Å²) in [6.07, 6.45) is 4.93. The molecule has 492 valence electrons. The number of hydrogen-bond donors (Lipinski definition) is 4. The van der Waals surface area contributed by atoms with Crippen molar-refractivity contribution in [1.82, 2.24) is 15.5 Å². The largest absolute Gasteiger partial charge is 0.495 e. The van der Waals surface area contributed by atoms with Crippen LogP contribution in [0.1, 0.15) is 167 Å². The molecule has 20 nitrogen and oxygen atoms in total. The van der Waals surface area contributed by atoms with Gasteiger partial charge in [-0.2, -0.15) is 0 Å². The van der Waals surface area contributed by atoms with Crippen molar-refractivity contribution in [3.8, 4) is 5.75 Å². The van der Waals surface area contributed by atoms with Gasteiger partial charge in [0.2, 0.25) is 11.8 Å². The van der Waals surface area contributed by atoms with Gasteiger partial charge in [-0.3, -0.25) is 33.6 Å². The number of nitrogens with two attached hydrogens (primary N) is 1. The number of urea groups is 1. The second-order valence-electron chi connectivity index (χ2n) is 24.7. The number of unbranched alkanes of at least 4 members (excludes halogenated alkanes) is 3. The van der Waals surface area contributed by atoms with Crippen LogP contribution < -0.4 is 26.0 Å². The molecule has 0 unspecified atom stereocenters. The number of aliphatic hydroxyl groups is 1. The van der Waals surface area contributed by atoms with E-state index >= 15 is 8.78 Å². The summed E-state index contributed by atoms with van der Waals surface area (Å²) in [5, 5.41) is 17.3. The van der Waals surface area contributed by atoms with E-state index in [9.17, 15) is 48.3 Å². The maximum absolute atomic E-state index is 16.2. The molecule has 89 heavy (non-hydrogen) atoms. The molecule has 5 N–H and O–H groups in total. The number of likely N-dealkylation sites (N-methyl/N-ethyl adjacent to an activating group) is 1. The molecule has 2 saturated heterocycles. The van der Waals surface area contributed by atoms with Crippen LogP contribution >= 0.6 is 11.6 Å². The molecule has 3 aliphatic heterocycles. The summed E-state index contributed by atoms with van der Waals surface area (Å²) in [5.74, 6) is -8.63. The Bertz CT molecular complexity index is 2970. The summed E-state index contributed by atoms with van der Waals surface area (Å²) in [6, 6.07) is 1.10. The normalized spacial score (nSPS) is 24.0. The highest BCUT2D eigenvalue weighted by molar-refractivity contribution is 6.35. The Hall–Kier alpha value is -6.62. The van der Waals surface area contributed by atoms with E-state index in [1.54, 1.807) is 52.0 Å². The Morgan fingerprint density at radius 1 is 0.955 bits per heavy atom. The lowest BCUT2D eigenvalue weighted by atomic mass is 9.78. The van der Waals surface area contributed by atoms with Crippen LogP contribution in [-0.4, -0.2) is 146 Å². The minimum Gasteiger partial charge on any atom is -0.495 e. The number of fused-ring (bicyclic) bond motifs is 5. The summed E-state index contributed by atoms with van der Waals surface area (Å²) in [6.45, 7) is 14.0. The number of allylic oxidation sites excluding steroid dienone is 3. The molecular weight excluding hydrogens is 1180 g/mol. The molecule has 4 bridgehead atoms. The number of halogens is 3. The Morgan fingerprint density at radius 2 is 1.63 bits per heavy atom. The van der Waals surface area contributed by atoms with Gasteiger partial charge in [0.1, 0.15) is 69.5 Å². The average molecular weight is 1270 g/mol. The van der Waals surface area contributed by atoms with Crippen LogP contribution in [0, 0.1) is 35.3 Å². The summed E-state index contributed by atoms with van der Waals surface area (Å²) in [7, 11) is 5.49. The number of benzene rings is 2. The van der Waals surface area contributed by atoms with Gasteiger partial charge >= 0.3 is 18.0 Å². The molecule has 0 radical (unpaired) electrons. The molecule has 3 heterocycles. The van der Waals surface area contributed by atoms with Crippen LogP contribution in [0.25, 0.3) is 0 Å². The van der Waals surface area contributed by atoms with E-state index in [0.717, 1.165) is 49.6 Å². The number of ketones is 3. The zero-order chi connectivity index (χ0) is 66.2. The Balaban J connectivity index is 1.34. The van der Waals surface area contributed by atoms with E-state index in [2.05, 4.69) is 10.6 Å². The molecule has 0 saturated carbocycles. The van der Waals surface area contributed by atoms with Crippen LogP contribution in [-0.2, 0) is 65.4 Å². The van der Waals surface area contributed by atoms with Crippen LogP contribution in [0.2, 0.25) is 5.02 Å².